The highest BCUT2D eigenvalue weighted by molar-refractivity contribution is 9.10. The van der Waals surface area contributed by atoms with Gasteiger partial charge in [-0.25, -0.2) is 4.79 Å². The van der Waals surface area contributed by atoms with Crippen molar-refractivity contribution in [2.45, 2.75) is 6.61 Å². The van der Waals surface area contributed by atoms with Crippen LogP contribution in [0.15, 0.2) is 46.9 Å². The lowest BCUT2D eigenvalue weighted by atomic mass is 10.1. The molecule has 21 heavy (non-hydrogen) atoms. The first-order chi connectivity index (χ1) is 10.1. The first-order valence-electron chi connectivity index (χ1n) is 6.13. The first-order valence-corrected chi connectivity index (χ1v) is 6.93. The molecule has 0 unspecified atom stereocenters. The Balaban J connectivity index is 2.10. The average Bonchev–Trinajstić information content (AvgIpc) is 2.53. The van der Waals surface area contributed by atoms with Gasteiger partial charge in [-0.1, -0.05) is 12.1 Å². The fourth-order valence-corrected chi connectivity index (χ4v) is 2.15. The Bertz CT molecular complexity index is 707. The van der Waals surface area contributed by atoms with E-state index in [4.69, 9.17) is 14.7 Å². The fourth-order valence-electron chi connectivity index (χ4n) is 1.75. The number of carbonyl (C=O) groups is 1. The average molecular weight is 346 g/mol. The van der Waals surface area contributed by atoms with E-state index in [1.807, 2.05) is 6.07 Å². The largest absolute Gasteiger partial charge is 0.497 e. The molecular formula is C16H12BrNO3. The number of rotatable bonds is 4. The molecule has 0 aliphatic carbocycles. The zero-order valence-electron chi connectivity index (χ0n) is 11.3. The SMILES string of the molecule is COc1ccc(Br)c(C(=O)OCc2cccc(C#N)c2)c1. The van der Waals surface area contributed by atoms with Crippen LogP contribution in [-0.4, -0.2) is 13.1 Å². The second-order valence-corrected chi connectivity index (χ2v) is 5.09. The molecule has 0 N–H and O–H groups in total. The van der Waals surface area contributed by atoms with E-state index in [2.05, 4.69) is 15.9 Å². The number of esters is 1. The van der Waals surface area contributed by atoms with E-state index in [0.717, 1.165) is 5.56 Å². The van der Waals surface area contributed by atoms with Gasteiger partial charge in [0.05, 0.1) is 24.3 Å². The Morgan fingerprint density at radius 3 is 2.81 bits per heavy atom. The Labute approximate surface area is 131 Å². The van der Waals surface area contributed by atoms with Crippen molar-refractivity contribution in [2.24, 2.45) is 0 Å². The number of benzene rings is 2. The Hall–Kier alpha value is -2.32. The lowest BCUT2D eigenvalue weighted by molar-refractivity contribution is 0.0471. The zero-order chi connectivity index (χ0) is 15.2. The molecule has 0 heterocycles. The van der Waals surface area contributed by atoms with Crippen LogP contribution in [0.25, 0.3) is 0 Å². The van der Waals surface area contributed by atoms with Crippen LogP contribution in [0.2, 0.25) is 0 Å². The van der Waals surface area contributed by atoms with E-state index in [-0.39, 0.29) is 6.61 Å². The quantitative estimate of drug-likeness (QED) is 0.793. The molecular weight excluding hydrogens is 334 g/mol. The number of hydrogen-bond donors (Lipinski definition) is 0. The third-order valence-electron chi connectivity index (χ3n) is 2.82. The minimum Gasteiger partial charge on any atom is -0.497 e. The van der Waals surface area contributed by atoms with Gasteiger partial charge in [0.2, 0.25) is 0 Å². The molecule has 4 nitrogen and oxygen atoms in total. The van der Waals surface area contributed by atoms with Gasteiger partial charge in [-0.05, 0) is 51.8 Å². The number of ether oxygens (including phenoxy) is 2. The number of hydrogen-bond acceptors (Lipinski definition) is 4. The fraction of sp³-hybridized carbons (Fsp3) is 0.125. The third kappa shape index (κ3) is 3.83. The van der Waals surface area contributed by atoms with Crippen LogP contribution in [0.3, 0.4) is 0 Å². The third-order valence-corrected chi connectivity index (χ3v) is 3.51. The van der Waals surface area contributed by atoms with E-state index >= 15 is 0 Å². The van der Waals surface area contributed by atoms with E-state index in [9.17, 15) is 4.79 Å². The van der Waals surface area contributed by atoms with Gasteiger partial charge in [0.15, 0.2) is 0 Å². The molecule has 106 valence electrons. The summed E-state index contributed by atoms with van der Waals surface area (Å²) in [7, 11) is 1.53. The molecule has 0 aromatic heterocycles. The number of halogens is 1. The van der Waals surface area contributed by atoms with Gasteiger partial charge in [0.1, 0.15) is 12.4 Å². The molecule has 0 aliphatic heterocycles. The molecule has 0 spiro atoms. The van der Waals surface area contributed by atoms with Gasteiger partial charge in [0, 0.05) is 4.47 Å². The highest BCUT2D eigenvalue weighted by Crippen LogP contribution is 2.23. The summed E-state index contributed by atoms with van der Waals surface area (Å²) in [5.74, 6) is 0.125. The molecule has 0 amide bonds. The van der Waals surface area contributed by atoms with Crippen molar-refractivity contribution >= 4 is 21.9 Å². The van der Waals surface area contributed by atoms with Crippen LogP contribution in [0.4, 0.5) is 0 Å². The molecule has 5 heteroatoms. The maximum atomic E-state index is 12.1. The van der Waals surface area contributed by atoms with Gasteiger partial charge < -0.3 is 9.47 Å². The topological polar surface area (TPSA) is 59.3 Å². The van der Waals surface area contributed by atoms with E-state index < -0.39 is 5.97 Å². The van der Waals surface area contributed by atoms with Crippen molar-refractivity contribution < 1.29 is 14.3 Å². The summed E-state index contributed by atoms with van der Waals surface area (Å²) in [6.45, 7) is 0.109. The van der Waals surface area contributed by atoms with Crippen molar-refractivity contribution in [1.29, 1.82) is 5.26 Å². The summed E-state index contributed by atoms with van der Waals surface area (Å²) in [4.78, 5) is 12.1. The smallest absolute Gasteiger partial charge is 0.339 e. The van der Waals surface area contributed by atoms with Crippen molar-refractivity contribution in [3.63, 3.8) is 0 Å². The molecule has 2 aromatic carbocycles. The maximum absolute atomic E-state index is 12.1. The predicted molar refractivity (Wildman–Crippen MR) is 81.0 cm³/mol. The number of carbonyl (C=O) groups excluding carboxylic acids is 1. The normalized spacial score (nSPS) is 9.76. The molecule has 0 saturated heterocycles. The summed E-state index contributed by atoms with van der Waals surface area (Å²) >= 11 is 3.31. The molecule has 0 atom stereocenters. The molecule has 0 aliphatic rings. The molecule has 2 rings (SSSR count). The molecule has 0 fully saturated rings. The van der Waals surface area contributed by atoms with Crippen molar-refractivity contribution in [2.75, 3.05) is 7.11 Å². The van der Waals surface area contributed by atoms with E-state index in [1.54, 1.807) is 42.5 Å². The van der Waals surface area contributed by atoms with Crippen LogP contribution in [0, 0.1) is 11.3 Å². The number of nitrogens with zero attached hydrogens (tertiary/aromatic N) is 1. The van der Waals surface area contributed by atoms with Gasteiger partial charge in [-0.15, -0.1) is 0 Å². The minimum atomic E-state index is -0.455. The summed E-state index contributed by atoms with van der Waals surface area (Å²) in [6, 6.07) is 14.1. The van der Waals surface area contributed by atoms with E-state index in [0.29, 0.717) is 21.3 Å². The highest BCUT2D eigenvalue weighted by Gasteiger charge is 2.13. The summed E-state index contributed by atoms with van der Waals surface area (Å²) in [5.41, 5.74) is 1.69. The standard InChI is InChI=1S/C16H12BrNO3/c1-20-13-5-6-15(17)14(8-13)16(19)21-10-12-4-2-3-11(7-12)9-18/h2-8H,10H2,1H3. The van der Waals surface area contributed by atoms with Crippen LogP contribution < -0.4 is 4.74 Å². The monoisotopic (exact) mass is 345 g/mol. The zero-order valence-corrected chi connectivity index (χ0v) is 12.9. The number of methoxy groups -OCH3 is 1. The first kappa shape index (κ1) is 15.1. The van der Waals surface area contributed by atoms with Gasteiger partial charge in [-0.3, -0.25) is 0 Å². The van der Waals surface area contributed by atoms with Crippen molar-refractivity contribution in [3.8, 4) is 11.8 Å². The highest BCUT2D eigenvalue weighted by atomic mass is 79.9. The van der Waals surface area contributed by atoms with Crippen LogP contribution in [0.1, 0.15) is 21.5 Å². The lowest BCUT2D eigenvalue weighted by Gasteiger charge is -2.08. The molecule has 0 radical (unpaired) electrons. The summed E-state index contributed by atoms with van der Waals surface area (Å²) in [5, 5.41) is 8.83. The van der Waals surface area contributed by atoms with Crippen LogP contribution in [-0.2, 0) is 11.3 Å². The van der Waals surface area contributed by atoms with Crippen molar-refractivity contribution in [1.82, 2.24) is 0 Å². The van der Waals surface area contributed by atoms with Crippen LogP contribution in [0.5, 0.6) is 5.75 Å². The van der Waals surface area contributed by atoms with Crippen molar-refractivity contribution in [3.05, 3.63) is 63.6 Å². The maximum Gasteiger partial charge on any atom is 0.339 e. The van der Waals surface area contributed by atoms with Gasteiger partial charge in [-0.2, -0.15) is 5.26 Å². The number of nitriles is 1. The molecule has 0 saturated carbocycles. The lowest BCUT2D eigenvalue weighted by Crippen LogP contribution is -2.06. The Morgan fingerprint density at radius 1 is 1.29 bits per heavy atom. The van der Waals surface area contributed by atoms with E-state index in [1.165, 1.54) is 7.11 Å². The minimum absolute atomic E-state index is 0.109. The molecule has 0 bridgehead atoms. The summed E-state index contributed by atoms with van der Waals surface area (Å²) in [6.07, 6.45) is 0. The van der Waals surface area contributed by atoms with Gasteiger partial charge >= 0.3 is 5.97 Å². The summed E-state index contributed by atoms with van der Waals surface area (Å²) < 4.78 is 11.0. The second-order valence-electron chi connectivity index (χ2n) is 4.23. The Kier molecular flexibility index (Phi) is 4.96. The molecule has 2 aromatic rings. The second kappa shape index (κ2) is 6.91. The predicted octanol–water partition coefficient (Wildman–Crippen LogP) is 3.69. The van der Waals surface area contributed by atoms with Crippen LogP contribution >= 0.6 is 15.9 Å². The van der Waals surface area contributed by atoms with Gasteiger partial charge in [0.25, 0.3) is 0 Å². The Morgan fingerprint density at radius 2 is 2.10 bits per heavy atom.